The minimum Gasteiger partial charge on any atom is -0.497 e. The van der Waals surface area contributed by atoms with Gasteiger partial charge in [-0.05, 0) is 66.2 Å². The lowest BCUT2D eigenvalue weighted by Gasteiger charge is -2.21. The van der Waals surface area contributed by atoms with Gasteiger partial charge in [-0.25, -0.2) is 13.8 Å². The number of hydrogen-bond donors (Lipinski definition) is 1. The number of furan rings is 1. The molecule has 2 aromatic carbocycles. The molecule has 1 N–H and O–H groups in total. The Balaban J connectivity index is 1.64. The van der Waals surface area contributed by atoms with Crippen LogP contribution in [0.3, 0.4) is 0 Å². The van der Waals surface area contributed by atoms with E-state index in [9.17, 15) is 13.2 Å². The van der Waals surface area contributed by atoms with Crippen LogP contribution in [0.25, 0.3) is 0 Å². The number of amides is 1. The van der Waals surface area contributed by atoms with Gasteiger partial charge in [-0.15, -0.1) is 0 Å². The van der Waals surface area contributed by atoms with E-state index in [1.165, 1.54) is 41.0 Å². The standard InChI is InChI=1S/C22H22ClN3O5S/c1-30-19-8-4-17(5-9-19)15-24-25-22(27)12-13-26(16-20-3-2-14-31-20)32(28,29)21-10-6-18(23)7-11-21/h2-11,14-15H,12-13,16H2,1H3,(H,25,27). The third kappa shape index (κ3) is 6.43. The van der Waals surface area contributed by atoms with Crippen molar-refractivity contribution < 1.29 is 22.4 Å². The number of benzene rings is 2. The largest absolute Gasteiger partial charge is 0.497 e. The molecule has 0 atom stereocenters. The number of nitrogens with one attached hydrogen (secondary N) is 1. The Kier molecular flexibility index (Phi) is 8.04. The van der Waals surface area contributed by atoms with Gasteiger partial charge in [0.05, 0.1) is 31.0 Å². The van der Waals surface area contributed by atoms with Crippen LogP contribution in [0, 0.1) is 0 Å². The zero-order valence-corrected chi connectivity index (χ0v) is 18.8. The van der Waals surface area contributed by atoms with Crippen LogP contribution in [0.15, 0.2) is 81.3 Å². The first-order valence-electron chi connectivity index (χ1n) is 9.62. The van der Waals surface area contributed by atoms with Crippen molar-refractivity contribution in [3.8, 4) is 5.75 Å². The lowest BCUT2D eigenvalue weighted by Crippen LogP contribution is -2.34. The smallest absolute Gasteiger partial charge is 0.243 e. The normalized spacial score (nSPS) is 11.7. The number of carbonyl (C=O) groups excluding carboxylic acids is 1. The molecule has 168 valence electrons. The van der Waals surface area contributed by atoms with Crippen LogP contribution in [0.2, 0.25) is 5.02 Å². The maximum atomic E-state index is 13.1. The molecule has 1 aromatic heterocycles. The number of methoxy groups -OCH3 is 1. The first-order chi connectivity index (χ1) is 15.4. The molecule has 3 aromatic rings. The Labute approximate surface area is 191 Å². The monoisotopic (exact) mass is 475 g/mol. The SMILES string of the molecule is COc1ccc(C=NNC(=O)CCN(Cc2ccco2)S(=O)(=O)c2ccc(Cl)cc2)cc1. The summed E-state index contributed by atoms with van der Waals surface area (Å²) in [5, 5.41) is 4.34. The molecule has 10 heteroatoms. The molecule has 0 aliphatic carbocycles. The third-order valence-corrected chi connectivity index (χ3v) is 6.58. The molecular weight excluding hydrogens is 454 g/mol. The second-order valence-corrected chi connectivity index (χ2v) is 9.06. The lowest BCUT2D eigenvalue weighted by molar-refractivity contribution is -0.121. The fourth-order valence-corrected chi connectivity index (χ4v) is 4.30. The van der Waals surface area contributed by atoms with Gasteiger partial charge in [0.1, 0.15) is 11.5 Å². The molecule has 0 saturated heterocycles. The van der Waals surface area contributed by atoms with Gasteiger partial charge in [-0.3, -0.25) is 4.79 Å². The number of ether oxygens (including phenoxy) is 1. The van der Waals surface area contributed by atoms with Gasteiger partial charge in [-0.2, -0.15) is 9.41 Å². The van der Waals surface area contributed by atoms with Gasteiger partial charge >= 0.3 is 0 Å². The summed E-state index contributed by atoms with van der Waals surface area (Å²) in [6.07, 6.45) is 2.86. The molecule has 32 heavy (non-hydrogen) atoms. The average Bonchev–Trinajstić information content (AvgIpc) is 3.30. The highest BCUT2D eigenvalue weighted by Crippen LogP contribution is 2.21. The number of nitrogens with zero attached hydrogens (tertiary/aromatic N) is 2. The molecule has 0 unspecified atom stereocenters. The van der Waals surface area contributed by atoms with Crippen LogP contribution in [0.1, 0.15) is 17.7 Å². The molecule has 1 amide bonds. The van der Waals surface area contributed by atoms with E-state index in [-0.39, 0.29) is 24.4 Å². The van der Waals surface area contributed by atoms with E-state index >= 15 is 0 Å². The summed E-state index contributed by atoms with van der Waals surface area (Å²) in [6, 6.07) is 16.3. The van der Waals surface area contributed by atoms with E-state index in [1.807, 2.05) is 0 Å². The number of hydrogen-bond acceptors (Lipinski definition) is 6. The van der Waals surface area contributed by atoms with E-state index in [0.717, 1.165) is 5.56 Å². The van der Waals surface area contributed by atoms with Crippen LogP contribution >= 0.6 is 11.6 Å². The maximum Gasteiger partial charge on any atom is 0.243 e. The summed E-state index contributed by atoms with van der Waals surface area (Å²) < 4.78 is 37.8. The molecule has 0 aliphatic rings. The fraction of sp³-hybridized carbons (Fsp3) is 0.182. The minimum absolute atomic E-state index is 0.0135. The van der Waals surface area contributed by atoms with Crippen molar-refractivity contribution in [2.24, 2.45) is 5.10 Å². The van der Waals surface area contributed by atoms with Crippen LogP contribution in [-0.4, -0.2) is 38.5 Å². The van der Waals surface area contributed by atoms with Gasteiger partial charge in [-0.1, -0.05) is 11.6 Å². The van der Waals surface area contributed by atoms with Gasteiger partial charge in [0.15, 0.2) is 0 Å². The van der Waals surface area contributed by atoms with Crippen molar-refractivity contribution in [2.45, 2.75) is 17.9 Å². The van der Waals surface area contributed by atoms with Crippen LogP contribution in [0.5, 0.6) is 5.75 Å². The predicted octanol–water partition coefficient (Wildman–Crippen LogP) is 3.67. The second-order valence-electron chi connectivity index (χ2n) is 6.69. The average molecular weight is 476 g/mol. The number of halogens is 1. The third-order valence-electron chi connectivity index (χ3n) is 4.47. The summed E-state index contributed by atoms with van der Waals surface area (Å²) in [4.78, 5) is 12.3. The zero-order valence-electron chi connectivity index (χ0n) is 17.3. The number of rotatable bonds is 10. The van der Waals surface area contributed by atoms with Gasteiger partial charge in [0.2, 0.25) is 15.9 Å². The fourth-order valence-electron chi connectivity index (χ4n) is 2.77. The zero-order chi connectivity index (χ0) is 23.0. The molecular formula is C22H22ClN3O5S. The highest BCUT2D eigenvalue weighted by molar-refractivity contribution is 7.89. The number of carbonyl (C=O) groups is 1. The van der Waals surface area contributed by atoms with Crippen molar-refractivity contribution >= 4 is 33.7 Å². The molecule has 0 bridgehead atoms. The quantitative estimate of drug-likeness (QED) is 0.356. The molecule has 0 aliphatic heterocycles. The van der Waals surface area contributed by atoms with E-state index < -0.39 is 15.9 Å². The van der Waals surface area contributed by atoms with E-state index in [2.05, 4.69) is 10.5 Å². The molecule has 8 nitrogen and oxygen atoms in total. The van der Waals surface area contributed by atoms with E-state index in [0.29, 0.717) is 16.5 Å². The molecule has 3 rings (SSSR count). The maximum absolute atomic E-state index is 13.1. The Morgan fingerprint density at radius 1 is 1.16 bits per heavy atom. The second kappa shape index (κ2) is 10.9. The highest BCUT2D eigenvalue weighted by Gasteiger charge is 2.26. The van der Waals surface area contributed by atoms with Crippen LogP contribution < -0.4 is 10.2 Å². The van der Waals surface area contributed by atoms with Crippen molar-refractivity contribution in [1.82, 2.24) is 9.73 Å². The molecule has 0 fully saturated rings. The molecule has 0 spiro atoms. The first-order valence-corrected chi connectivity index (χ1v) is 11.4. The Bertz CT molecular complexity index is 1150. The van der Waals surface area contributed by atoms with Crippen molar-refractivity contribution in [1.29, 1.82) is 0 Å². The summed E-state index contributed by atoms with van der Waals surface area (Å²) in [6.45, 7) is -0.0735. The lowest BCUT2D eigenvalue weighted by atomic mass is 10.2. The topological polar surface area (TPSA) is 101 Å². The van der Waals surface area contributed by atoms with Crippen molar-refractivity contribution in [3.63, 3.8) is 0 Å². The number of sulfonamides is 1. The molecule has 0 saturated carbocycles. The Morgan fingerprint density at radius 2 is 1.88 bits per heavy atom. The van der Waals surface area contributed by atoms with Crippen molar-refractivity contribution in [2.75, 3.05) is 13.7 Å². The van der Waals surface area contributed by atoms with Gasteiger partial charge in [0.25, 0.3) is 0 Å². The predicted molar refractivity (Wildman–Crippen MR) is 121 cm³/mol. The van der Waals surface area contributed by atoms with E-state index in [1.54, 1.807) is 43.5 Å². The molecule has 1 heterocycles. The number of hydrazone groups is 1. The summed E-state index contributed by atoms with van der Waals surface area (Å²) >= 11 is 5.87. The van der Waals surface area contributed by atoms with E-state index in [4.69, 9.17) is 20.8 Å². The molecule has 0 radical (unpaired) electrons. The van der Waals surface area contributed by atoms with Crippen LogP contribution in [0.4, 0.5) is 0 Å². The van der Waals surface area contributed by atoms with Gasteiger partial charge < -0.3 is 9.15 Å². The summed E-state index contributed by atoms with van der Waals surface area (Å²) in [5.74, 6) is 0.746. The minimum atomic E-state index is -3.88. The summed E-state index contributed by atoms with van der Waals surface area (Å²) in [5.41, 5.74) is 3.18. The Hall–Kier alpha value is -3.14. The first kappa shape index (κ1) is 23.5. The summed E-state index contributed by atoms with van der Waals surface area (Å²) in [7, 11) is -2.30. The van der Waals surface area contributed by atoms with Crippen molar-refractivity contribution in [3.05, 3.63) is 83.3 Å². The van der Waals surface area contributed by atoms with Gasteiger partial charge in [0, 0.05) is 18.0 Å². The highest BCUT2D eigenvalue weighted by atomic mass is 35.5. The Morgan fingerprint density at radius 3 is 2.50 bits per heavy atom. The van der Waals surface area contributed by atoms with Crippen LogP contribution in [-0.2, 0) is 21.4 Å².